The Bertz CT molecular complexity index is 1310. The monoisotopic (exact) mass is 666 g/mol. The molecule has 0 spiro atoms. The summed E-state index contributed by atoms with van der Waals surface area (Å²) in [5, 5.41) is 20.6. The lowest BCUT2D eigenvalue weighted by Crippen LogP contribution is -2.47. The first-order valence-corrected chi connectivity index (χ1v) is 18.0. The minimum absolute atomic E-state index is 0.0805. The average Bonchev–Trinajstić information content (AvgIpc) is 3.09. The van der Waals surface area contributed by atoms with Gasteiger partial charge in [0, 0.05) is 11.8 Å². The van der Waals surface area contributed by atoms with Gasteiger partial charge in [0.1, 0.15) is 11.5 Å². The standard InChI is InChI=1S/C38H58N4O6/c1-5-9-12-15-17-27-20-22-33(43)31(24-27)37(47)41-39-35(45)29(8-4)26-30(19-14-11-7-3)36(46)40-42-38(48)32-25-28(21-23-34(32)44)18-16-13-10-6-2/h20-25,29-30,43-44H,5-19,26H2,1-4H3,(H,39,45)(H,40,46)(H,41,47)(H,42,48). The highest BCUT2D eigenvalue weighted by molar-refractivity contribution is 5.99. The van der Waals surface area contributed by atoms with Crippen molar-refractivity contribution >= 4 is 23.6 Å². The van der Waals surface area contributed by atoms with Gasteiger partial charge < -0.3 is 10.2 Å². The molecular weight excluding hydrogens is 608 g/mol. The normalized spacial score (nSPS) is 12.2. The van der Waals surface area contributed by atoms with Crippen LogP contribution in [0.5, 0.6) is 11.5 Å². The fourth-order valence-electron chi connectivity index (χ4n) is 5.73. The van der Waals surface area contributed by atoms with E-state index in [4.69, 9.17) is 0 Å². The van der Waals surface area contributed by atoms with Crippen LogP contribution in [0, 0.1) is 11.8 Å². The second kappa shape index (κ2) is 22.5. The summed E-state index contributed by atoms with van der Waals surface area (Å²) in [5.41, 5.74) is 11.9. The molecule has 0 heterocycles. The molecule has 0 aromatic heterocycles. The Balaban J connectivity index is 2.01. The third-order valence-corrected chi connectivity index (χ3v) is 8.81. The largest absolute Gasteiger partial charge is 0.507 e. The summed E-state index contributed by atoms with van der Waals surface area (Å²) in [7, 11) is 0. The number of hydrazine groups is 2. The molecule has 0 aliphatic carbocycles. The summed E-state index contributed by atoms with van der Waals surface area (Å²) in [5.74, 6) is -3.63. The predicted octanol–water partition coefficient (Wildman–Crippen LogP) is 7.18. The fourth-order valence-corrected chi connectivity index (χ4v) is 5.73. The van der Waals surface area contributed by atoms with Gasteiger partial charge in [0.25, 0.3) is 11.8 Å². The van der Waals surface area contributed by atoms with Crippen LogP contribution in [0.4, 0.5) is 0 Å². The van der Waals surface area contributed by atoms with Gasteiger partial charge in [-0.25, -0.2) is 0 Å². The molecule has 48 heavy (non-hydrogen) atoms. The number of rotatable bonds is 21. The number of carbonyl (C=O) groups is 4. The van der Waals surface area contributed by atoms with Gasteiger partial charge in [-0.15, -0.1) is 0 Å². The highest BCUT2D eigenvalue weighted by Gasteiger charge is 2.27. The Hall–Kier alpha value is -4.08. The molecule has 10 nitrogen and oxygen atoms in total. The van der Waals surface area contributed by atoms with E-state index < -0.39 is 35.5 Å². The van der Waals surface area contributed by atoms with Crippen LogP contribution in [-0.2, 0) is 22.4 Å². The number of nitrogens with one attached hydrogen (secondary N) is 4. The van der Waals surface area contributed by atoms with Crippen LogP contribution in [0.25, 0.3) is 0 Å². The molecule has 0 fully saturated rings. The molecule has 2 atom stereocenters. The third kappa shape index (κ3) is 14.0. The number of phenols is 2. The lowest BCUT2D eigenvalue weighted by atomic mass is 9.88. The van der Waals surface area contributed by atoms with Gasteiger partial charge in [-0.2, -0.15) is 0 Å². The van der Waals surface area contributed by atoms with Crippen molar-refractivity contribution in [2.75, 3.05) is 0 Å². The lowest BCUT2D eigenvalue weighted by molar-refractivity contribution is -0.129. The highest BCUT2D eigenvalue weighted by atomic mass is 16.3. The van der Waals surface area contributed by atoms with Gasteiger partial charge in [0.05, 0.1) is 11.1 Å². The minimum Gasteiger partial charge on any atom is -0.507 e. The maximum Gasteiger partial charge on any atom is 0.273 e. The molecule has 4 amide bonds. The number of aryl methyl sites for hydroxylation is 2. The molecule has 0 radical (unpaired) electrons. The van der Waals surface area contributed by atoms with Crippen LogP contribution >= 0.6 is 0 Å². The summed E-state index contributed by atoms with van der Waals surface area (Å²) >= 11 is 0. The first kappa shape index (κ1) is 40.1. The van der Waals surface area contributed by atoms with Crippen molar-refractivity contribution in [3.63, 3.8) is 0 Å². The van der Waals surface area contributed by atoms with Crippen molar-refractivity contribution < 1.29 is 29.4 Å². The van der Waals surface area contributed by atoms with E-state index in [-0.39, 0.29) is 29.0 Å². The van der Waals surface area contributed by atoms with E-state index in [0.717, 1.165) is 94.6 Å². The average molecular weight is 667 g/mol. The molecule has 2 aromatic carbocycles. The molecule has 2 aromatic rings. The zero-order chi connectivity index (χ0) is 35.3. The van der Waals surface area contributed by atoms with Crippen LogP contribution in [0.1, 0.15) is 149 Å². The lowest BCUT2D eigenvalue weighted by Gasteiger charge is -2.22. The Morgan fingerprint density at radius 2 is 1.00 bits per heavy atom. The number of phenolic OH excluding ortho intramolecular Hbond substituents is 2. The van der Waals surface area contributed by atoms with Crippen LogP contribution in [0.3, 0.4) is 0 Å². The quantitative estimate of drug-likeness (QED) is 0.0612. The predicted molar refractivity (Wildman–Crippen MR) is 189 cm³/mol. The fraction of sp³-hybridized carbons (Fsp3) is 0.579. The molecule has 0 aliphatic rings. The van der Waals surface area contributed by atoms with E-state index in [0.29, 0.717) is 12.8 Å². The maximum absolute atomic E-state index is 13.3. The second-order valence-corrected chi connectivity index (χ2v) is 12.7. The van der Waals surface area contributed by atoms with E-state index in [9.17, 15) is 29.4 Å². The zero-order valence-electron chi connectivity index (χ0n) is 29.5. The number of unbranched alkanes of at least 4 members (excludes halogenated alkanes) is 8. The molecule has 10 heteroatoms. The van der Waals surface area contributed by atoms with Gasteiger partial charge in [-0.1, -0.05) is 97.6 Å². The van der Waals surface area contributed by atoms with Gasteiger partial charge in [0.15, 0.2) is 0 Å². The molecule has 0 bridgehead atoms. The van der Waals surface area contributed by atoms with Gasteiger partial charge in [0.2, 0.25) is 11.8 Å². The number of hydrogen-bond donors (Lipinski definition) is 6. The minimum atomic E-state index is -0.626. The van der Waals surface area contributed by atoms with Crippen molar-refractivity contribution in [1.82, 2.24) is 21.7 Å². The molecule has 2 unspecified atom stereocenters. The van der Waals surface area contributed by atoms with E-state index in [1.807, 2.05) is 6.92 Å². The topological polar surface area (TPSA) is 157 Å². The smallest absolute Gasteiger partial charge is 0.273 e. The number of benzene rings is 2. The van der Waals surface area contributed by atoms with Gasteiger partial charge in [-0.05, 0) is 80.3 Å². The summed E-state index contributed by atoms with van der Waals surface area (Å²) in [6.07, 6.45) is 14.1. The van der Waals surface area contributed by atoms with Gasteiger partial charge in [-0.3, -0.25) is 40.9 Å². The summed E-state index contributed by atoms with van der Waals surface area (Å²) in [4.78, 5) is 52.3. The van der Waals surface area contributed by atoms with Crippen LogP contribution < -0.4 is 21.7 Å². The Kier molecular flexibility index (Phi) is 18.8. The van der Waals surface area contributed by atoms with Crippen molar-refractivity contribution in [3.8, 4) is 11.5 Å². The van der Waals surface area contributed by atoms with Crippen molar-refractivity contribution in [2.45, 2.75) is 130 Å². The van der Waals surface area contributed by atoms with E-state index >= 15 is 0 Å². The third-order valence-electron chi connectivity index (χ3n) is 8.81. The molecule has 6 N–H and O–H groups in total. The summed E-state index contributed by atoms with van der Waals surface area (Å²) < 4.78 is 0. The summed E-state index contributed by atoms with van der Waals surface area (Å²) in [6.45, 7) is 8.18. The number of hydrogen-bond acceptors (Lipinski definition) is 6. The maximum atomic E-state index is 13.3. The number of carbonyl (C=O) groups excluding carboxylic acids is 4. The van der Waals surface area contributed by atoms with Crippen molar-refractivity contribution in [1.29, 1.82) is 0 Å². The number of amides is 4. The molecule has 0 aliphatic heterocycles. The van der Waals surface area contributed by atoms with E-state index in [1.165, 1.54) is 12.1 Å². The van der Waals surface area contributed by atoms with Crippen LogP contribution in [0.15, 0.2) is 36.4 Å². The zero-order valence-corrected chi connectivity index (χ0v) is 29.5. The van der Waals surface area contributed by atoms with Crippen LogP contribution in [0.2, 0.25) is 0 Å². The highest BCUT2D eigenvalue weighted by Crippen LogP contribution is 2.24. The first-order chi connectivity index (χ1) is 23.1. The van der Waals surface area contributed by atoms with Gasteiger partial charge >= 0.3 is 0 Å². The SMILES string of the molecule is CCCCCCc1ccc(O)c(C(=O)NNC(=O)C(CC)CC(CCCCC)C(=O)NNC(=O)c2cc(CCCCCC)ccc2O)c1. The van der Waals surface area contributed by atoms with E-state index in [2.05, 4.69) is 42.5 Å². The van der Waals surface area contributed by atoms with Crippen LogP contribution in [-0.4, -0.2) is 33.8 Å². The van der Waals surface area contributed by atoms with Crippen molar-refractivity contribution in [3.05, 3.63) is 58.7 Å². The van der Waals surface area contributed by atoms with E-state index in [1.54, 1.807) is 24.3 Å². The Morgan fingerprint density at radius 1 is 0.562 bits per heavy atom. The summed E-state index contributed by atoms with van der Waals surface area (Å²) in [6, 6.07) is 9.88. The second-order valence-electron chi connectivity index (χ2n) is 12.7. The number of aromatic hydroxyl groups is 2. The van der Waals surface area contributed by atoms with Crippen molar-refractivity contribution in [2.24, 2.45) is 11.8 Å². The Morgan fingerprint density at radius 3 is 1.44 bits per heavy atom. The molecule has 0 saturated heterocycles. The molecule has 2 rings (SSSR count). The first-order valence-electron chi connectivity index (χ1n) is 18.0. The molecular formula is C38H58N4O6. The Labute approximate surface area is 286 Å². The molecule has 0 saturated carbocycles. The molecule has 266 valence electrons.